The molecule has 0 spiro atoms. The third kappa shape index (κ3) is 3.88. The van der Waals surface area contributed by atoms with E-state index >= 15 is 0 Å². The number of primary amides is 1. The molecule has 4 N–H and O–H groups in total. The normalized spacial score (nSPS) is 11.9. The van der Waals surface area contributed by atoms with Crippen LogP contribution in [-0.4, -0.2) is 43.2 Å². The Bertz CT molecular complexity index is 597. The predicted molar refractivity (Wildman–Crippen MR) is 78.0 cm³/mol. The summed E-state index contributed by atoms with van der Waals surface area (Å²) in [5.74, 6) is 0.545. The largest absolute Gasteiger partial charge is 0.368 e. The smallest absolute Gasteiger partial charge is 0.257 e. The van der Waals surface area contributed by atoms with Crippen molar-refractivity contribution < 1.29 is 4.79 Å². The Morgan fingerprint density at radius 3 is 2.76 bits per heavy atom. The van der Waals surface area contributed by atoms with Crippen LogP contribution in [0.5, 0.6) is 0 Å². The fraction of sp³-hybridized carbons (Fsp3) is 0.417. The molecule has 112 valence electrons. The van der Waals surface area contributed by atoms with Gasteiger partial charge < -0.3 is 16.4 Å². The highest BCUT2D eigenvalue weighted by Gasteiger charge is 2.13. The molecule has 0 aliphatic carbocycles. The maximum Gasteiger partial charge on any atom is 0.257 e. The Kier molecular flexibility index (Phi) is 4.64. The van der Waals surface area contributed by atoms with Gasteiger partial charge in [0.2, 0.25) is 17.8 Å². The molecule has 0 fully saturated rings. The Morgan fingerprint density at radius 2 is 2.14 bits per heavy atom. The lowest BCUT2D eigenvalue weighted by molar-refractivity contribution is -0.118. The fourth-order valence-electron chi connectivity index (χ4n) is 1.50. The zero-order valence-corrected chi connectivity index (χ0v) is 11.9. The van der Waals surface area contributed by atoms with Crippen molar-refractivity contribution in [2.24, 2.45) is 5.73 Å². The van der Waals surface area contributed by atoms with Gasteiger partial charge in [0, 0.05) is 18.9 Å². The highest BCUT2D eigenvalue weighted by Crippen LogP contribution is 2.09. The number of nitrogens with two attached hydrogens (primary N) is 1. The molecule has 0 bridgehead atoms. The molecule has 0 radical (unpaired) electrons. The van der Waals surface area contributed by atoms with E-state index in [1.165, 1.54) is 4.68 Å². The van der Waals surface area contributed by atoms with Crippen LogP contribution in [0, 0.1) is 0 Å². The molecule has 1 amide bonds. The van der Waals surface area contributed by atoms with Gasteiger partial charge in [-0.3, -0.25) is 4.79 Å². The SMILES string of the molecule is CCCNc1nc(NC(C)C(N)=O)nc(-n2cccn2)n1. The molecule has 2 heterocycles. The van der Waals surface area contributed by atoms with Crippen molar-refractivity contribution in [3.8, 4) is 5.95 Å². The summed E-state index contributed by atoms with van der Waals surface area (Å²) in [6.45, 7) is 4.41. The lowest BCUT2D eigenvalue weighted by atomic mass is 10.3. The third-order valence-electron chi connectivity index (χ3n) is 2.64. The van der Waals surface area contributed by atoms with E-state index in [0.29, 0.717) is 11.9 Å². The summed E-state index contributed by atoms with van der Waals surface area (Å²) in [5, 5.41) is 10.0. The summed E-state index contributed by atoms with van der Waals surface area (Å²) < 4.78 is 1.51. The summed E-state index contributed by atoms with van der Waals surface area (Å²) in [5.41, 5.74) is 5.23. The number of nitrogens with one attached hydrogen (secondary N) is 2. The van der Waals surface area contributed by atoms with Gasteiger partial charge in [-0.15, -0.1) is 0 Å². The quantitative estimate of drug-likeness (QED) is 0.663. The molecule has 2 aromatic heterocycles. The molecule has 9 nitrogen and oxygen atoms in total. The van der Waals surface area contributed by atoms with Crippen LogP contribution < -0.4 is 16.4 Å². The van der Waals surface area contributed by atoms with E-state index in [-0.39, 0.29) is 5.95 Å². The molecular formula is C12H18N8O. The van der Waals surface area contributed by atoms with Crippen LogP contribution in [0.3, 0.4) is 0 Å². The molecule has 0 aliphatic rings. The third-order valence-corrected chi connectivity index (χ3v) is 2.64. The van der Waals surface area contributed by atoms with Gasteiger partial charge in [-0.05, 0) is 19.4 Å². The first-order valence-corrected chi connectivity index (χ1v) is 6.66. The van der Waals surface area contributed by atoms with E-state index in [2.05, 4.69) is 30.7 Å². The van der Waals surface area contributed by atoms with Crippen molar-refractivity contribution in [2.45, 2.75) is 26.3 Å². The van der Waals surface area contributed by atoms with Gasteiger partial charge in [-0.1, -0.05) is 6.92 Å². The van der Waals surface area contributed by atoms with E-state index in [0.717, 1.165) is 13.0 Å². The zero-order valence-electron chi connectivity index (χ0n) is 11.9. The standard InChI is InChI=1S/C12H18N8O/c1-3-5-14-10-17-11(16-8(2)9(13)21)19-12(18-10)20-7-4-6-15-20/h4,6-8H,3,5H2,1-2H3,(H2,13,21)(H2,14,16,17,18,19). The van der Waals surface area contributed by atoms with Crippen molar-refractivity contribution in [3.63, 3.8) is 0 Å². The number of hydrogen-bond acceptors (Lipinski definition) is 7. The van der Waals surface area contributed by atoms with Gasteiger partial charge >= 0.3 is 0 Å². The van der Waals surface area contributed by atoms with Gasteiger partial charge in [-0.25, -0.2) is 4.68 Å². The van der Waals surface area contributed by atoms with Crippen molar-refractivity contribution in [1.29, 1.82) is 0 Å². The molecule has 2 aromatic rings. The van der Waals surface area contributed by atoms with Gasteiger partial charge in [0.15, 0.2) is 0 Å². The van der Waals surface area contributed by atoms with Gasteiger partial charge in [0.05, 0.1) is 0 Å². The highest BCUT2D eigenvalue weighted by molar-refractivity contribution is 5.81. The van der Waals surface area contributed by atoms with Gasteiger partial charge in [0.25, 0.3) is 5.95 Å². The minimum atomic E-state index is -0.586. The predicted octanol–water partition coefficient (Wildman–Crippen LogP) is 0.165. The lowest BCUT2D eigenvalue weighted by Gasteiger charge is -2.12. The number of carbonyl (C=O) groups excluding carboxylic acids is 1. The minimum absolute atomic E-state index is 0.264. The number of carbonyl (C=O) groups is 1. The molecule has 9 heteroatoms. The first-order valence-electron chi connectivity index (χ1n) is 6.66. The second-order valence-corrected chi connectivity index (χ2v) is 4.43. The molecule has 2 rings (SSSR count). The minimum Gasteiger partial charge on any atom is -0.368 e. The lowest BCUT2D eigenvalue weighted by Crippen LogP contribution is -2.33. The molecule has 1 atom stereocenters. The van der Waals surface area contributed by atoms with Crippen LogP contribution >= 0.6 is 0 Å². The first-order chi connectivity index (χ1) is 10.1. The van der Waals surface area contributed by atoms with Crippen LogP contribution in [0.2, 0.25) is 0 Å². The van der Waals surface area contributed by atoms with Crippen LogP contribution in [0.15, 0.2) is 18.5 Å². The second kappa shape index (κ2) is 6.64. The number of aromatic nitrogens is 5. The van der Waals surface area contributed by atoms with Crippen LogP contribution in [-0.2, 0) is 4.79 Å². The number of anilines is 2. The number of nitrogens with zero attached hydrogens (tertiary/aromatic N) is 5. The number of hydrogen-bond donors (Lipinski definition) is 3. The van der Waals surface area contributed by atoms with Gasteiger partial charge in [-0.2, -0.15) is 20.1 Å². The molecular weight excluding hydrogens is 272 g/mol. The maximum atomic E-state index is 11.1. The average Bonchev–Trinajstić information content (AvgIpc) is 2.99. The van der Waals surface area contributed by atoms with Crippen molar-refractivity contribution in [2.75, 3.05) is 17.2 Å². The Balaban J connectivity index is 2.30. The molecule has 0 saturated heterocycles. The van der Waals surface area contributed by atoms with E-state index in [9.17, 15) is 4.79 Å². The summed E-state index contributed by atoms with van der Waals surface area (Å²) >= 11 is 0. The summed E-state index contributed by atoms with van der Waals surface area (Å²) in [6, 6.07) is 1.18. The van der Waals surface area contributed by atoms with Crippen LogP contribution in [0.4, 0.5) is 11.9 Å². The highest BCUT2D eigenvalue weighted by atomic mass is 16.1. The second-order valence-electron chi connectivity index (χ2n) is 4.43. The van der Waals surface area contributed by atoms with Crippen molar-refractivity contribution in [1.82, 2.24) is 24.7 Å². The van der Waals surface area contributed by atoms with Crippen molar-refractivity contribution in [3.05, 3.63) is 18.5 Å². The van der Waals surface area contributed by atoms with E-state index in [4.69, 9.17) is 5.73 Å². The molecule has 0 aromatic carbocycles. The van der Waals surface area contributed by atoms with Crippen molar-refractivity contribution >= 4 is 17.8 Å². The molecule has 0 aliphatic heterocycles. The Hall–Kier alpha value is -2.71. The topological polar surface area (TPSA) is 124 Å². The Labute approximate surface area is 122 Å². The molecule has 0 saturated carbocycles. The average molecular weight is 290 g/mol. The van der Waals surface area contributed by atoms with Crippen LogP contribution in [0.25, 0.3) is 5.95 Å². The monoisotopic (exact) mass is 290 g/mol. The molecule has 1 unspecified atom stereocenters. The first kappa shape index (κ1) is 14.7. The Morgan fingerprint density at radius 1 is 1.38 bits per heavy atom. The van der Waals surface area contributed by atoms with Crippen LogP contribution in [0.1, 0.15) is 20.3 Å². The maximum absolute atomic E-state index is 11.1. The van der Waals surface area contributed by atoms with E-state index < -0.39 is 11.9 Å². The molecule has 21 heavy (non-hydrogen) atoms. The van der Waals surface area contributed by atoms with E-state index in [1.54, 1.807) is 25.4 Å². The summed E-state index contributed by atoms with van der Waals surface area (Å²) in [6.07, 6.45) is 4.28. The summed E-state index contributed by atoms with van der Waals surface area (Å²) in [4.78, 5) is 23.8. The summed E-state index contributed by atoms with van der Waals surface area (Å²) in [7, 11) is 0. The number of amides is 1. The van der Waals surface area contributed by atoms with Gasteiger partial charge in [0.1, 0.15) is 6.04 Å². The zero-order chi connectivity index (χ0) is 15.2. The van der Waals surface area contributed by atoms with E-state index in [1.807, 2.05) is 6.92 Å². The number of rotatable bonds is 7. The fourth-order valence-corrected chi connectivity index (χ4v) is 1.50.